The first kappa shape index (κ1) is 16.2. The average molecular weight is 338 g/mol. The van der Waals surface area contributed by atoms with Gasteiger partial charge in [-0.15, -0.1) is 5.10 Å². The van der Waals surface area contributed by atoms with E-state index in [9.17, 15) is 14.9 Å². The summed E-state index contributed by atoms with van der Waals surface area (Å²) in [6.07, 6.45) is 0. The molecular formula is C16H14N6O3. The lowest BCUT2D eigenvalue weighted by molar-refractivity contribution is -0.385. The van der Waals surface area contributed by atoms with Crippen LogP contribution in [0.2, 0.25) is 0 Å². The molecule has 3 rings (SSSR count). The number of nitrogens with zero attached hydrogens (tertiary/aromatic N) is 5. The van der Waals surface area contributed by atoms with E-state index in [4.69, 9.17) is 0 Å². The van der Waals surface area contributed by atoms with Crippen LogP contribution >= 0.6 is 0 Å². The van der Waals surface area contributed by atoms with Crippen LogP contribution in [0.5, 0.6) is 0 Å². The number of nitro benzene ring substituents is 1. The number of aryl methyl sites for hydroxylation is 1. The number of tetrazole rings is 1. The first-order valence-electron chi connectivity index (χ1n) is 7.42. The molecule has 9 nitrogen and oxygen atoms in total. The summed E-state index contributed by atoms with van der Waals surface area (Å²) in [7, 11) is 0. The summed E-state index contributed by atoms with van der Waals surface area (Å²) in [6.45, 7) is 2.00. The number of hydrogen-bond acceptors (Lipinski definition) is 6. The highest BCUT2D eigenvalue weighted by atomic mass is 16.6. The van der Waals surface area contributed by atoms with Crippen LogP contribution in [0.1, 0.15) is 21.7 Å². The quantitative estimate of drug-likeness (QED) is 0.560. The molecule has 0 saturated heterocycles. The third kappa shape index (κ3) is 3.50. The van der Waals surface area contributed by atoms with Crippen LogP contribution in [-0.4, -0.2) is 31.0 Å². The zero-order valence-corrected chi connectivity index (χ0v) is 13.3. The molecule has 0 unspecified atom stereocenters. The Labute approximate surface area is 142 Å². The van der Waals surface area contributed by atoms with E-state index in [1.165, 1.54) is 22.9 Å². The molecule has 0 spiro atoms. The summed E-state index contributed by atoms with van der Waals surface area (Å²) in [5.41, 5.74) is 1.59. The smallest absolute Gasteiger partial charge is 0.282 e. The minimum Gasteiger partial charge on any atom is -0.344 e. The fraction of sp³-hybridized carbons (Fsp3) is 0.125. The molecule has 0 bridgehead atoms. The van der Waals surface area contributed by atoms with Gasteiger partial charge in [-0.1, -0.05) is 29.8 Å². The Balaban J connectivity index is 1.77. The van der Waals surface area contributed by atoms with Crippen LogP contribution < -0.4 is 5.32 Å². The van der Waals surface area contributed by atoms with Crippen molar-refractivity contribution in [1.29, 1.82) is 0 Å². The van der Waals surface area contributed by atoms with Gasteiger partial charge in [0.15, 0.2) is 5.82 Å². The molecule has 0 aliphatic rings. The maximum Gasteiger partial charge on any atom is 0.282 e. The van der Waals surface area contributed by atoms with Crippen molar-refractivity contribution < 1.29 is 9.72 Å². The first-order valence-corrected chi connectivity index (χ1v) is 7.42. The van der Waals surface area contributed by atoms with Crippen molar-refractivity contribution in [3.05, 3.63) is 75.6 Å². The van der Waals surface area contributed by atoms with Crippen LogP contribution in [0.15, 0.2) is 48.5 Å². The van der Waals surface area contributed by atoms with E-state index in [1.54, 1.807) is 6.07 Å². The van der Waals surface area contributed by atoms with Gasteiger partial charge in [0.1, 0.15) is 5.56 Å². The second kappa shape index (κ2) is 6.87. The number of benzene rings is 2. The minimum atomic E-state index is -0.592. The van der Waals surface area contributed by atoms with Crippen molar-refractivity contribution >= 4 is 11.6 Å². The molecule has 0 aliphatic carbocycles. The number of hydrogen-bond donors (Lipinski definition) is 1. The summed E-state index contributed by atoms with van der Waals surface area (Å²) in [5.74, 6) is -0.151. The Bertz CT molecular complexity index is 920. The number of carbonyl (C=O) groups is 1. The van der Waals surface area contributed by atoms with E-state index < -0.39 is 10.8 Å². The van der Waals surface area contributed by atoms with Crippen molar-refractivity contribution in [3.63, 3.8) is 0 Å². The molecule has 0 fully saturated rings. The van der Waals surface area contributed by atoms with Crippen molar-refractivity contribution in [2.24, 2.45) is 0 Å². The Kier molecular flexibility index (Phi) is 4.46. The molecule has 0 atom stereocenters. The molecule has 1 N–H and O–H groups in total. The van der Waals surface area contributed by atoms with Gasteiger partial charge in [-0.2, -0.15) is 4.68 Å². The number of carbonyl (C=O) groups excluding carboxylic acids is 1. The van der Waals surface area contributed by atoms with E-state index in [2.05, 4.69) is 20.8 Å². The summed E-state index contributed by atoms with van der Waals surface area (Å²) in [5, 5.41) is 25.0. The van der Waals surface area contributed by atoms with Crippen molar-refractivity contribution in [3.8, 4) is 5.69 Å². The first-order chi connectivity index (χ1) is 12.1. The summed E-state index contributed by atoms with van der Waals surface area (Å²) in [6, 6.07) is 13.3. The van der Waals surface area contributed by atoms with Gasteiger partial charge >= 0.3 is 0 Å². The predicted molar refractivity (Wildman–Crippen MR) is 88.2 cm³/mol. The van der Waals surface area contributed by atoms with Crippen LogP contribution in [0.3, 0.4) is 0 Å². The van der Waals surface area contributed by atoms with Crippen LogP contribution in [0, 0.1) is 17.0 Å². The standard InChI is InChI=1S/C16H14N6O3/c1-11-6-8-12(9-7-11)21-15(18-19-20-21)10-17-16(23)13-4-2-3-5-14(13)22(24)25/h2-9H,10H2,1H3,(H,17,23). The summed E-state index contributed by atoms with van der Waals surface area (Å²) >= 11 is 0. The van der Waals surface area contributed by atoms with Gasteiger partial charge < -0.3 is 5.32 Å². The van der Waals surface area contributed by atoms with Gasteiger partial charge in [0.2, 0.25) is 0 Å². The van der Waals surface area contributed by atoms with E-state index >= 15 is 0 Å². The lowest BCUT2D eigenvalue weighted by atomic mass is 10.1. The number of aromatic nitrogens is 4. The molecule has 0 aliphatic heterocycles. The SMILES string of the molecule is Cc1ccc(-n2nnnc2CNC(=O)c2ccccc2[N+](=O)[O-])cc1. The third-order valence-corrected chi connectivity index (χ3v) is 3.57. The van der Waals surface area contributed by atoms with Crippen LogP contribution in [0.4, 0.5) is 5.69 Å². The largest absolute Gasteiger partial charge is 0.344 e. The number of nitro groups is 1. The van der Waals surface area contributed by atoms with Crippen LogP contribution in [0.25, 0.3) is 5.69 Å². The average Bonchev–Trinajstić information content (AvgIpc) is 3.09. The molecule has 2 aromatic carbocycles. The highest BCUT2D eigenvalue weighted by Crippen LogP contribution is 2.17. The summed E-state index contributed by atoms with van der Waals surface area (Å²) < 4.78 is 1.50. The van der Waals surface area contributed by atoms with Gasteiger partial charge in [-0.05, 0) is 35.5 Å². The molecule has 1 amide bonds. The molecule has 1 heterocycles. The highest BCUT2D eigenvalue weighted by Gasteiger charge is 2.19. The fourth-order valence-corrected chi connectivity index (χ4v) is 2.28. The van der Waals surface area contributed by atoms with Gasteiger partial charge in [0, 0.05) is 6.07 Å². The Hall–Kier alpha value is -3.62. The van der Waals surface area contributed by atoms with Crippen molar-refractivity contribution in [2.75, 3.05) is 0 Å². The Morgan fingerprint density at radius 2 is 1.92 bits per heavy atom. The number of nitrogens with one attached hydrogen (secondary N) is 1. The third-order valence-electron chi connectivity index (χ3n) is 3.57. The minimum absolute atomic E-state index is 0.0122. The zero-order valence-electron chi connectivity index (χ0n) is 13.3. The van der Waals surface area contributed by atoms with Crippen molar-refractivity contribution in [1.82, 2.24) is 25.5 Å². The molecule has 0 saturated carbocycles. The van der Waals surface area contributed by atoms with E-state index in [0.29, 0.717) is 5.82 Å². The number of para-hydroxylation sites is 1. The predicted octanol–water partition coefficient (Wildman–Crippen LogP) is 1.81. The zero-order chi connectivity index (χ0) is 17.8. The molecule has 0 radical (unpaired) electrons. The Morgan fingerprint density at radius 3 is 2.64 bits per heavy atom. The monoisotopic (exact) mass is 338 g/mol. The summed E-state index contributed by atoms with van der Waals surface area (Å²) in [4.78, 5) is 22.7. The van der Waals surface area contributed by atoms with Crippen molar-refractivity contribution in [2.45, 2.75) is 13.5 Å². The van der Waals surface area contributed by atoms with E-state index in [0.717, 1.165) is 11.3 Å². The molecular weight excluding hydrogens is 324 g/mol. The molecule has 3 aromatic rings. The maximum atomic E-state index is 12.3. The normalized spacial score (nSPS) is 10.4. The van der Waals surface area contributed by atoms with Crippen LogP contribution in [-0.2, 0) is 6.54 Å². The van der Waals surface area contributed by atoms with E-state index in [1.807, 2.05) is 31.2 Å². The topological polar surface area (TPSA) is 116 Å². The molecule has 126 valence electrons. The van der Waals surface area contributed by atoms with Gasteiger partial charge in [-0.3, -0.25) is 14.9 Å². The second-order valence-electron chi connectivity index (χ2n) is 5.30. The fourth-order valence-electron chi connectivity index (χ4n) is 2.28. The second-order valence-corrected chi connectivity index (χ2v) is 5.30. The lowest BCUT2D eigenvalue weighted by Crippen LogP contribution is -2.25. The Morgan fingerprint density at radius 1 is 1.20 bits per heavy atom. The maximum absolute atomic E-state index is 12.3. The molecule has 25 heavy (non-hydrogen) atoms. The number of rotatable bonds is 5. The van der Waals surface area contributed by atoms with E-state index in [-0.39, 0.29) is 17.8 Å². The van der Waals surface area contributed by atoms with Gasteiger partial charge in [0.05, 0.1) is 17.2 Å². The van der Waals surface area contributed by atoms with Gasteiger partial charge in [0.25, 0.3) is 11.6 Å². The van der Waals surface area contributed by atoms with Gasteiger partial charge in [-0.25, -0.2) is 0 Å². The molecule has 9 heteroatoms. The number of amides is 1. The lowest BCUT2D eigenvalue weighted by Gasteiger charge is -2.07. The highest BCUT2D eigenvalue weighted by molar-refractivity contribution is 5.98. The molecule has 1 aromatic heterocycles.